The summed E-state index contributed by atoms with van der Waals surface area (Å²) < 4.78 is 13.6. The van der Waals surface area contributed by atoms with Crippen molar-refractivity contribution in [1.82, 2.24) is 9.55 Å². The van der Waals surface area contributed by atoms with Crippen LogP contribution in [0.3, 0.4) is 0 Å². The van der Waals surface area contributed by atoms with Crippen LogP contribution in [0.15, 0.2) is 66.7 Å². The van der Waals surface area contributed by atoms with E-state index in [0.717, 1.165) is 52.6 Å². The van der Waals surface area contributed by atoms with Crippen molar-refractivity contribution in [3.63, 3.8) is 0 Å². The van der Waals surface area contributed by atoms with Crippen molar-refractivity contribution in [2.75, 3.05) is 25.2 Å². The van der Waals surface area contributed by atoms with Crippen molar-refractivity contribution in [1.29, 1.82) is 0 Å². The molecule has 0 radical (unpaired) electrons. The Kier molecular flexibility index (Phi) is 6.45. The summed E-state index contributed by atoms with van der Waals surface area (Å²) in [4.78, 5) is 19.8. The average molecular weight is 470 g/mol. The molecule has 0 unspecified atom stereocenters. The minimum Gasteiger partial charge on any atom is -0.497 e. The van der Waals surface area contributed by atoms with E-state index in [1.165, 1.54) is 5.56 Å². The molecule has 0 N–H and O–H groups in total. The molecule has 1 saturated heterocycles. The number of para-hydroxylation sites is 2. The summed E-state index contributed by atoms with van der Waals surface area (Å²) >= 11 is 0. The van der Waals surface area contributed by atoms with Crippen LogP contribution in [-0.2, 0) is 11.3 Å². The van der Waals surface area contributed by atoms with E-state index in [1.54, 1.807) is 7.11 Å². The summed E-state index contributed by atoms with van der Waals surface area (Å²) in [6.07, 6.45) is 1.30. The van der Waals surface area contributed by atoms with Gasteiger partial charge in [-0.3, -0.25) is 4.79 Å². The summed E-state index contributed by atoms with van der Waals surface area (Å²) in [6, 6.07) is 22.1. The predicted molar refractivity (Wildman–Crippen MR) is 138 cm³/mol. The number of aromatic nitrogens is 2. The number of methoxy groups -OCH3 is 1. The number of carbonyl (C=O) groups excluding carboxylic acids is 1. The highest BCUT2D eigenvalue weighted by Gasteiger charge is 2.34. The number of ether oxygens (including phenoxy) is 2. The first-order chi connectivity index (χ1) is 17.0. The van der Waals surface area contributed by atoms with Gasteiger partial charge in [-0.15, -0.1) is 0 Å². The highest BCUT2D eigenvalue weighted by atomic mass is 16.5. The summed E-state index contributed by atoms with van der Waals surface area (Å²) in [5.41, 5.74) is 5.35. The standard InChI is InChI=1S/C29H31N3O3/c1-20-9-14-27(21(2)17-20)35-16-6-15-31-26-8-5-4-7-25(26)30-29(31)22-18-28(33)32(19-22)23-10-12-24(34-3)13-11-23/h4-5,7-14,17,22H,6,15-16,18-19H2,1-3H3/t22-/m0/s1. The lowest BCUT2D eigenvalue weighted by molar-refractivity contribution is -0.117. The topological polar surface area (TPSA) is 56.6 Å². The van der Waals surface area contributed by atoms with E-state index < -0.39 is 0 Å². The van der Waals surface area contributed by atoms with E-state index in [1.807, 2.05) is 53.4 Å². The van der Waals surface area contributed by atoms with Crippen LogP contribution in [-0.4, -0.2) is 35.7 Å². The van der Waals surface area contributed by atoms with Gasteiger partial charge in [0, 0.05) is 31.1 Å². The van der Waals surface area contributed by atoms with Gasteiger partial charge in [0.15, 0.2) is 0 Å². The summed E-state index contributed by atoms with van der Waals surface area (Å²) in [6.45, 7) is 6.19. The van der Waals surface area contributed by atoms with E-state index in [-0.39, 0.29) is 11.8 Å². The molecule has 4 aromatic rings. The predicted octanol–water partition coefficient (Wildman–Crippen LogP) is 5.65. The van der Waals surface area contributed by atoms with Crippen molar-refractivity contribution in [2.24, 2.45) is 0 Å². The van der Waals surface area contributed by atoms with Crippen LogP contribution in [0.5, 0.6) is 11.5 Å². The second-order valence-corrected chi connectivity index (χ2v) is 9.18. The zero-order valence-corrected chi connectivity index (χ0v) is 20.5. The van der Waals surface area contributed by atoms with Crippen LogP contribution in [0, 0.1) is 13.8 Å². The van der Waals surface area contributed by atoms with E-state index in [0.29, 0.717) is 19.6 Å². The highest BCUT2D eigenvalue weighted by Crippen LogP contribution is 2.34. The third-order valence-electron chi connectivity index (χ3n) is 6.67. The second kappa shape index (κ2) is 9.82. The normalized spacial score (nSPS) is 15.7. The fourth-order valence-electron chi connectivity index (χ4n) is 4.90. The molecule has 35 heavy (non-hydrogen) atoms. The summed E-state index contributed by atoms with van der Waals surface area (Å²) in [7, 11) is 1.64. The van der Waals surface area contributed by atoms with Crippen LogP contribution < -0.4 is 14.4 Å². The lowest BCUT2D eigenvalue weighted by Crippen LogP contribution is -2.24. The Morgan fingerprint density at radius 2 is 1.83 bits per heavy atom. The molecule has 1 fully saturated rings. The molecule has 3 aromatic carbocycles. The Bertz CT molecular complexity index is 1340. The van der Waals surface area contributed by atoms with Crippen molar-refractivity contribution in [3.05, 3.63) is 83.7 Å². The lowest BCUT2D eigenvalue weighted by Gasteiger charge is -2.18. The number of hydrogen-bond donors (Lipinski definition) is 0. The van der Waals surface area contributed by atoms with Crippen LogP contribution >= 0.6 is 0 Å². The largest absolute Gasteiger partial charge is 0.497 e. The minimum atomic E-state index is 0.0391. The number of hydrogen-bond acceptors (Lipinski definition) is 4. The summed E-state index contributed by atoms with van der Waals surface area (Å²) in [5, 5.41) is 0. The highest BCUT2D eigenvalue weighted by molar-refractivity contribution is 5.96. The smallest absolute Gasteiger partial charge is 0.227 e. The number of aryl methyl sites for hydroxylation is 3. The molecular formula is C29H31N3O3. The maximum atomic E-state index is 13.0. The molecule has 180 valence electrons. The number of nitrogens with zero attached hydrogens (tertiary/aromatic N) is 3. The van der Waals surface area contributed by atoms with Crippen molar-refractivity contribution in [2.45, 2.75) is 39.2 Å². The molecule has 2 heterocycles. The van der Waals surface area contributed by atoms with Gasteiger partial charge in [-0.05, 0) is 68.3 Å². The molecule has 1 amide bonds. The third-order valence-corrected chi connectivity index (χ3v) is 6.67. The lowest BCUT2D eigenvalue weighted by atomic mass is 10.1. The zero-order valence-electron chi connectivity index (χ0n) is 20.5. The molecule has 0 spiro atoms. The summed E-state index contributed by atoms with van der Waals surface area (Å²) in [5.74, 6) is 2.85. The molecular weight excluding hydrogens is 438 g/mol. The van der Waals surface area contributed by atoms with Crippen LogP contribution in [0.4, 0.5) is 5.69 Å². The Labute approximate surface area is 206 Å². The van der Waals surface area contributed by atoms with Gasteiger partial charge in [0.2, 0.25) is 5.91 Å². The van der Waals surface area contributed by atoms with Crippen LogP contribution in [0.1, 0.15) is 35.7 Å². The molecule has 1 aliphatic heterocycles. The van der Waals surface area contributed by atoms with Gasteiger partial charge >= 0.3 is 0 Å². The maximum absolute atomic E-state index is 13.0. The molecule has 5 rings (SSSR count). The molecule has 0 bridgehead atoms. The number of carbonyl (C=O) groups is 1. The second-order valence-electron chi connectivity index (χ2n) is 9.18. The molecule has 6 nitrogen and oxygen atoms in total. The number of imidazole rings is 1. The third kappa shape index (κ3) is 4.74. The van der Waals surface area contributed by atoms with Gasteiger partial charge < -0.3 is 18.9 Å². The first kappa shape index (κ1) is 23.0. The Morgan fingerprint density at radius 3 is 2.60 bits per heavy atom. The molecule has 0 saturated carbocycles. The number of fused-ring (bicyclic) bond motifs is 1. The van der Waals surface area contributed by atoms with Gasteiger partial charge in [0.1, 0.15) is 17.3 Å². The van der Waals surface area contributed by atoms with Crippen molar-refractivity contribution in [3.8, 4) is 11.5 Å². The number of benzene rings is 3. The van der Waals surface area contributed by atoms with Crippen LogP contribution in [0.2, 0.25) is 0 Å². The van der Waals surface area contributed by atoms with Gasteiger partial charge in [0.25, 0.3) is 0 Å². The monoisotopic (exact) mass is 469 g/mol. The molecule has 1 aliphatic rings. The van der Waals surface area contributed by atoms with E-state index in [4.69, 9.17) is 14.5 Å². The van der Waals surface area contributed by atoms with Gasteiger partial charge in [0.05, 0.1) is 24.8 Å². The quantitative estimate of drug-likeness (QED) is 0.313. The van der Waals surface area contributed by atoms with Crippen molar-refractivity contribution < 1.29 is 14.3 Å². The van der Waals surface area contributed by atoms with E-state index >= 15 is 0 Å². The Morgan fingerprint density at radius 1 is 1.03 bits per heavy atom. The first-order valence-electron chi connectivity index (χ1n) is 12.1. The molecule has 1 aromatic heterocycles. The van der Waals surface area contributed by atoms with E-state index in [9.17, 15) is 4.79 Å². The number of rotatable bonds is 8. The zero-order chi connectivity index (χ0) is 24.4. The minimum absolute atomic E-state index is 0.0391. The van der Waals surface area contributed by atoms with E-state index in [2.05, 4.69) is 36.6 Å². The van der Waals surface area contributed by atoms with Gasteiger partial charge in [-0.25, -0.2) is 4.98 Å². The molecule has 6 heteroatoms. The fourth-order valence-corrected chi connectivity index (χ4v) is 4.90. The van der Waals surface area contributed by atoms with Crippen LogP contribution in [0.25, 0.3) is 11.0 Å². The molecule has 1 atom stereocenters. The van der Waals surface area contributed by atoms with Gasteiger partial charge in [-0.2, -0.15) is 0 Å². The Hall–Kier alpha value is -3.80. The number of amides is 1. The Balaban J connectivity index is 1.33. The van der Waals surface area contributed by atoms with Gasteiger partial charge in [-0.1, -0.05) is 29.8 Å². The maximum Gasteiger partial charge on any atom is 0.227 e. The molecule has 0 aliphatic carbocycles. The average Bonchev–Trinajstić information content (AvgIpc) is 3.43. The SMILES string of the molecule is COc1ccc(N2C[C@@H](c3nc4ccccc4n3CCCOc3ccc(C)cc3C)CC2=O)cc1. The fraction of sp³-hybridized carbons (Fsp3) is 0.310. The number of anilines is 1. The van der Waals surface area contributed by atoms with Crippen molar-refractivity contribution >= 4 is 22.6 Å². The first-order valence-corrected chi connectivity index (χ1v) is 12.1.